The van der Waals surface area contributed by atoms with Gasteiger partial charge in [-0.25, -0.2) is 9.97 Å². The van der Waals surface area contributed by atoms with Crippen LogP contribution >= 0.6 is 11.3 Å². The lowest BCUT2D eigenvalue weighted by molar-refractivity contribution is 1.05. The van der Waals surface area contributed by atoms with Gasteiger partial charge in [0, 0.05) is 17.1 Å². The third kappa shape index (κ3) is 2.33. The topological polar surface area (TPSA) is 66.5 Å². The molecule has 0 radical (unpaired) electrons. The van der Waals surface area contributed by atoms with E-state index in [0.29, 0.717) is 0 Å². The highest BCUT2D eigenvalue weighted by molar-refractivity contribution is 7.13. The van der Waals surface area contributed by atoms with Gasteiger partial charge in [0.25, 0.3) is 0 Å². The molecule has 0 atom stereocenters. The van der Waals surface area contributed by atoms with Crippen LogP contribution in [-0.4, -0.2) is 20.2 Å². The predicted molar refractivity (Wildman–Crippen MR) is 89.5 cm³/mol. The summed E-state index contributed by atoms with van der Waals surface area (Å²) in [5, 5.41) is 13.4. The minimum absolute atomic E-state index is 0.725. The number of nitrogens with one attached hydrogen (secondary N) is 2. The fraction of sp³-hybridized carbons (Fsp3) is 0.0625. The van der Waals surface area contributed by atoms with E-state index in [2.05, 4.69) is 25.5 Å². The van der Waals surface area contributed by atoms with Crippen molar-refractivity contribution in [1.29, 1.82) is 0 Å². The maximum atomic E-state index is 4.68. The maximum Gasteiger partial charge on any atom is 0.172 e. The first-order valence-corrected chi connectivity index (χ1v) is 7.77. The van der Waals surface area contributed by atoms with Gasteiger partial charge in [0.15, 0.2) is 11.6 Å². The number of para-hydroxylation sites is 1. The molecule has 0 amide bonds. The standard InChI is InChI=1S/C16H13N5S/c1-10-9-14(21-20-10)18-15-11-5-2-3-6-12(11)17-16(19-15)13-7-4-8-22-13/h2-9H,1H3,(H2,17,18,19,20,21). The molecule has 0 bridgehead atoms. The molecule has 0 fully saturated rings. The second-order valence-electron chi connectivity index (χ2n) is 4.95. The molecule has 22 heavy (non-hydrogen) atoms. The van der Waals surface area contributed by atoms with Gasteiger partial charge in [-0.3, -0.25) is 5.10 Å². The number of aryl methyl sites for hydroxylation is 1. The molecule has 4 aromatic rings. The highest BCUT2D eigenvalue weighted by Gasteiger charge is 2.11. The van der Waals surface area contributed by atoms with Crippen molar-refractivity contribution < 1.29 is 0 Å². The van der Waals surface area contributed by atoms with Crippen molar-refractivity contribution in [3.8, 4) is 10.7 Å². The zero-order valence-corrected chi connectivity index (χ0v) is 12.7. The number of hydrogen-bond acceptors (Lipinski definition) is 5. The van der Waals surface area contributed by atoms with Gasteiger partial charge >= 0.3 is 0 Å². The Bertz CT molecular complexity index is 927. The molecule has 1 aromatic carbocycles. The summed E-state index contributed by atoms with van der Waals surface area (Å²) in [6.45, 7) is 1.97. The summed E-state index contributed by atoms with van der Waals surface area (Å²) >= 11 is 1.63. The summed E-state index contributed by atoms with van der Waals surface area (Å²) in [5.74, 6) is 2.24. The van der Waals surface area contributed by atoms with Gasteiger partial charge in [-0.1, -0.05) is 18.2 Å². The van der Waals surface area contributed by atoms with E-state index in [1.54, 1.807) is 11.3 Å². The van der Waals surface area contributed by atoms with Crippen LogP contribution in [0.5, 0.6) is 0 Å². The van der Waals surface area contributed by atoms with Crippen molar-refractivity contribution in [2.24, 2.45) is 0 Å². The Morgan fingerprint density at radius 2 is 2.00 bits per heavy atom. The summed E-state index contributed by atoms with van der Waals surface area (Å²) in [5.41, 5.74) is 1.91. The largest absolute Gasteiger partial charge is 0.323 e. The molecule has 3 heterocycles. The monoisotopic (exact) mass is 307 g/mol. The normalized spacial score (nSPS) is 11.0. The maximum absolute atomic E-state index is 4.68. The molecule has 3 aromatic heterocycles. The van der Waals surface area contributed by atoms with Crippen molar-refractivity contribution in [2.45, 2.75) is 6.92 Å². The fourth-order valence-electron chi connectivity index (χ4n) is 2.29. The Balaban J connectivity index is 1.87. The molecule has 108 valence electrons. The highest BCUT2D eigenvalue weighted by atomic mass is 32.1. The van der Waals surface area contributed by atoms with Crippen LogP contribution in [-0.2, 0) is 0 Å². The molecule has 4 rings (SSSR count). The van der Waals surface area contributed by atoms with Crippen LogP contribution in [0, 0.1) is 6.92 Å². The molecular formula is C16H13N5S. The highest BCUT2D eigenvalue weighted by Crippen LogP contribution is 2.28. The van der Waals surface area contributed by atoms with Gasteiger partial charge in [-0.15, -0.1) is 11.3 Å². The van der Waals surface area contributed by atoms with Gasteiger partial charge in [-0.05, 0) is 30.5 Å². The van der Waals surface area contributed by atoms with Gasteiger partial charge in [0.1, 0.15) is 5.82 Å². The van der Waals surface area contributed by atoms with Crippen molar-refractivity contribution in [3.63, 3.8) is 0 Å². The SMILES string of the molecule is Cc1cc(Nc2nc(-c3cccs3)nc3ccccc23)n[nH]1. The molecule has 0 aliphatic rings. The first kappa shape index (κ1) is 13.0. The van der Waals surface area contributed by atoms with Crippen LogP contribution in [0.4, 0.5) is 11.6 Å². The van der Waals surface area contributed by atoms with E-state index in [9.17, 15) is 0 Å². The van der Waals surface area contributed by atoms with E-state index < -0.39 is 0 Å². The van der Waals surface area contributed by atoms with E-state index in [1.807, 2.05) is 54.8 Å². The average molecular weight is 307 g/mol. The summed E-state index contributed by atoms with van der Waals surface area (Å²) in [4.78, 5) is 10.4. The van der Waals surface area contributed by atoms with Crippen LogP contribution in [0.1, 0.15) is 5.69 Å². The summed E-state index contributed by atoms with van der Waals surface area (Å²) < 4.78 is 0. The molecular weight excluding hydrogens is 294 g/mol. The van der Waals surface area contributed by atoms with Crippen molar-refractivity contribution in [3.05, 3.63) is 53.5 Å². The summed E-state index contributed by atoms with van der Waals surface area (Å²) in [6, 6.07) is 13.9. The molecule has 0 spiro atoms. The van der Waals surface area contributed by atoms with E-state index in [4.69, 9.17) is 0 Å². The Kier molecular flexibility index (Phi) is 3.08. The van der Waals surface area contributed by atoms with Gasteiger partial charge in [-0.2, -0.15) is 5.10 Å². The number of thiophene rings is 1. The van der Waals surface area contributed by atoms with Gasteiger partial charge < -0.3 is 5.32 Å². The van der Waals surface area contributed by atoms with E-state index in [-0.39, 0.29) is 0 Å². The molecule has 5 nitrogen and oxygen atoms in total. The quantitative estimate of drug-likeness (QED) is 0.597. The van der Waals surface area contributed by atoms with Crippen molar-refractivity contribution in [1.82, 2.24) is 20.2 Å². The van der Waals surface area contributed by atoms with E-state index in [1.165, 1.54) is 0 Å². The number of hydrogen-bond donors (Lipinski definition) is 2. The van der Waals surface area contributed by atoms with Gasteiger partial charge in [0.05, 0.1) is 10.4 Å². The number of aromatic nitrogens is 4. The Morgan fingerprint density at radius 1 is 1.09 bits per heavy atom. The molecule has 0 saturated carbocycles. The number of H-pyrrole nitrogens is 1. The second kappa shape index (κ2) is 5.23. The van der Waals surface area contributed by atoms with Crippen LogP contribution in [0.25, 0.3) is 21.6 Å². The number of fused-ring (bicyclic) bond motifs is 1. The predicted octanol–water partition coefficient (Wildman–Crippen LogP) is 4.13. The third-order valence-electron chi connectivity index (χ3n) is 3.30. The van der Waals surface area contributed by atoms with E-state index >= 15 is 0 Å². The van der Waals surface area contributed by atoms with Gasteiger partial charge in [0.2, 0.25) is 0 Å². The molecule has 0 aliphatic heterocycles. The third-order valence-corrected chi connectivity index (χ3v) is 4.16. The van der Waals surface area contributed by atoms with Crippen LogP contribution in [0.2, 0.25) is 0 Å². The van der Waals surface area contributed by atoms with Crippen LogP contribution in [0.3, 0.4) is 0 Å². The average Bonchev–Trinajstić information content (AvgIpc) is 3.19. The smallest absolute Gasteiger partial charge is 0.172 e. The fourth-order valence-corrected chi connectivity index (χ4v) is 2.95. The summed E-state index contributed by atoms with van der Waals surface area (Å²) in [6.07, 6.45) is 0. The molecule has 0 aliphatic carbocycles. The number of anilines is 2. The molecule has 0 saturated heterocycles. The first-order chi connectivity index (χ1) is 10.8. The number of nitrogens with zero attached hydrogens (tertiary/aromatic N) is 3. The second-order valence-corrected chi connectivity index (χ2v) is 5.90. The van der Waals surface area contributed by atoms with Crippen LogP contribution < -0.4 is 5.32 Å². The van der Waals surface area contributed by atoms with Crippen LogP contribution in [0.15, 0.2) is 47.8 Å². The minimum atomic E-state index is 0.725. The zero-order chi connectivity index (χ0) is 14.9. The zero-order valence-electron chi connectivity index (χ0n) is 11.9. The number of benzene rings is 1. The minimum Gasteiger partial charge on any atom is -0.323 e. The Hall–Kier alpha value is -2.73. The number of aromatic amines is 1. The lowest BCUT2D eigenvalue weighted by Crippen LogP contribution is -1.99. The Labute approximate surface area is 131 Å². The lowest BCUT2D eigenvalue weighted by Gasteiger charge is -2.08. The van der Waals surface area contributed by atoms with E-state index in [0.717, 1.165) is 38.9 Å². The van der Waals surface area contributed by atoms with Crippen molar-refractivity contribution >= 4 is 33.9 Å². The first-order valence-electron chi connectivity index (χ1n) is 6.89. The van der Waals surface area contributed by atoms with Crippen molar-refractivity contribution in [2.75, 3.05) is 5.32 Å². The molecule has 6 heteroatoms. The number of rotatable bonds is 3. The molecule has 2 N–H and O–H groups in total. The summed E-state index contributed by atoms with van der Waals surface area (Å²) in [7, 11) is 0. The lowest BCUT2D eigenvalue weighted by atomic mass is 10.2. The molecule has 0 unspecified atom stereocenters. The Morgan fingerprint density at radius 3 is 2.77 bits per heavy atom.